The number of carbonyl (C=O) groups excluding carboxylic acids is 1. The number of halogens is 3. The van der Waals surface area contributed by atoms with Gasteiger partial charge in [-0.1, -0.05) is 36.4 Å². The van der Waals surface area contributed by atoms with Crippen LogP contribution in [0.1, 0.15) is 29.0 Å². The first kappa shape index (κ1) is 29.4. The Balaban J connectivity index is 1.36. The van der Waals surface area contributed by atoms with Gasteiger partial charge in [0.15, 0.2) is 11.5 Å². The van der Waals surface area contributed by atoms with Crippen molar-refractivity contribution >= 4 is 22.5 Å². The zero-order chi connectivity index (χ0) is 30.6. The van der Waals surface area contributed by atoms with Crippen molar-refractivity contribution in [2.24, 2.45) is 12.8 Å². The Morgan fingerprint density at radius 2 is 1.72 bits per heavy atom. The molecular weight excluding hydrogens is 561 g/mol. The van der Waals surface area contributed by atoms with Crippen LogP contribution in [-0.4, -0.2) is 45.9 Å². The van der Waals surface area contributed by atoms with Gasteiger partial charge in [0, 0.05) is 36.8 Å². The second kappa shape index (κ2) is 12.4. The van der Waals surface area contributed by atoms with Crippen molar-refractivity contribution in [2.45, 2.75) is 18.5 Å². The average molecular weight is 591 g/mol. The van der Waals surface area contributed by atoms with Gasteiger partial charge in [0.05, 0.1) is 48.3 Å². The molecule has 0 saturated heterocycles. The van der Waals surface area contributed by atoms with E-state index in [4.69, 9.17) is 15.2 Å². The lowest BCUT2D eigenvalue weighted by Gasteiger charge is -2.16. The zero-order valence-electron chi connectivity index (χ0n) is 23.4. The molecule has 3 aromatic carbocycles. The number of nitrogens with two attached hydrogens (primary N) is 1. The molecule has 0 bridgehead atoms. The van der Waals surface area contributed by atoms with Crippen LogP contribution in [-0.2, 0) is 18.0 Å². The molecule has 1 atom stereocenters. The van der Waals surface area contributed by atoms with Gasteiger partial charge < -0.3 is 20.5 Å². The number of aromatic nitrogens is 4. The third kappa shape index (κ3) is 6.69. The minimum Gasteiger partial charge on any atom is -0.493 e. The number of hydrogen-bond donors (Lipinski definition) is 2. The topological polar surface area (TPSA) is 117 Å². The lowest BCUT2D eigenvalue weighted by Crippen LogP contribution is -2.22. The number of nitrogens with one attached hydrogen (secondary N) is 1. The summed E-state index contributed by atoms with van der Waals surface area (Å²) in [6.07, 6.45) is 1.35. The molecule has 9 nitrogen and oxygen atoms in total. The number of rotatable bonds is 11. The normalized spacial score (nSPS) is 12.2. The molecule has 0 aliphatic carbocycles. The third-order valence-corrected chi connectivity index (χ3v) is 6.91. The Morgan fingerprint density at radius 3 is 2.33 bits per heavy atom. The Labute approximate surface area is 245 Å². The van der Waals surface area contributed by atoms with Gasteiger partial charge in [-0.2, -0.15) is 18.3 Å². The number of primary amides is 1. The summed E-state index contributed by atoms with van der Waals surface area (Å²) in [6.45, 7) is 1.13. The van der Waals surface area contributed by atoms with E-state index in [1.165, 1.54) is 18.5 Å². The predicted octanol–water partition coefficient (Wildman–Crippen LogP) is 5.56. The number of carbonyl (C=O) groups is 1. The minimum atomic E-state index is -4.48. The maximum atomic E-state index is 13.0. The molecule has 2 aromatic heterocycles. The summed E-state index contributed by atoms with van der Waals surface area (Å²) in [5.41, 5.74) is 8.73. The third-order valence-electron chi connectivity index (χ3n) is 6.91. The molecule has 1 unspecified atom stereocenters. The van der Waals surface area contributed by atoms with Crippen LogP contribution in [0.2, 0.25) is 0 Å². The first-order valence-electron chi connectivity index (χ1n) is 13.4. The summed E-state index contributed by atoms with van der Waals surface area (Å²) in [5.74, 6) is -0.520. The number of fused-ring (bicyclic) bond motifs is 1. The molecule has 2 heterocycles. The highest BCUT2D eigenvalue weighted by Crippen LogP contribution is 2.36. The van der Waals surface area contributed by atoms with Crippen LogP contribution in [0.5, 0.6) is 11.5 Å². The fourth-order valence-electron chi connectivity index (χ4n) is 4.78. The predicted molar refractivity (Wildman–Crippen MR) is 156 cm³/mol. The van der Waals surface area contributed by atoms with Crippen molar-refractivity contribution in [2.75, 3.05) is 25.6 Å². The smallest absolute Gasteiger partial charge is 0.416 e. The minimum absolute atomic E-state index is 0.366. The summed E-state index contributed by atoms with van der Waals surface area (Å²) in [5, 5.41) is 8.15. The van der Waals surface area contributed by atoms with Crippen molar-refractivity contribution in [3.63, 3.8) is 0 Å². The molecule has 0 radical (unpaired) electrons. The number of aryl methyl sites for hydroxylation is 1. The van der Waals surface area contributed by atoms with E-state index in [9.17, 15) is 18.0 Å². The monoisotopic (exact) mass is 590 g/mol. The van der Waals surface area contributed by atoms with Crippen LogP contribution in [0, 0.1) is 0 Å². The molecule has 1 amide bonds. The zero-order valence-corrected chi connectivity index (χ0v) is 23.4. The van der Waals surface area contributed by atoms with E-state index in [0.717, 1.165) is 35.2 Å². The van der Waals surface area contributed by atoms with Crippen LogP contribution in [0.4, 0.5) is 18.9 Å². The van der Waals surface area contributed by atoms with Crippen LogP contribution < -0.4 is 20.5 Å². The number of ether oxygens (including phenoxy) is 2. The van der Waals surface area contributed by atoms with Gasteiger partial charge in [-0.15, -0.1) is 0 Å². The number of methoxy groups -OCH3 is 1. The first-order chi connectivity index (χ1) is 20.6. The van der Waals surface area contributed by atoms with E-state index in [1.54, 1.807) is 48.3 Å². The Hall–Kier alpha value is -5.13. The average Bonchev–Trinajstić information content (AvgIpc) is 3.41. The summed E-state index contributed by atoms with van der Waals surface area (Å²) < 4.78 is 52.4. The number of hydrogen-bond acceptors (Lipinski definition) is 7. The van der Waals surface area contributed by atoms with Gasteiger partial charge >= 0.3 is 6.18 Å². The fraction of sp³-hybridized carbons (Fsp3) is 0.226. The molecule has 0 spiro atoms. The summed E-state index contributed by atoms with van der Waals surface area (Å²) >= 11 is 0. The van der Waals surface area contributed by atoms with Gasteiger partial charge in [-0.05, 0) is 35.7 Å². The van der Waals surface area contributed by atoms with E-state index in [1.807, 2.05) is 19.3 Å². The lowest BCUT2D eigenvalue weighted by atomic mass is 9.89. The van der Waals surface area contributed by atoms with Gasteiger partial charge in [-0.3, -0.25) is 9.48 Å². The molecule has 0 fully saturated rings. The highest BCUT2D eigenvalue weighted by Gasteiger charge is 2.31. The van der Waals surface area contributed by atoms with Gasteiger partial charge in [0.2, 0.25) is 5.91 Å². The summed E-state index contributed by atoms with van der Waals surface area (Å²) in [6, 6.07) is 15.0. The molecule has 5 aromatic rings. The van der Waals surface area contributed by atoms with Crippen molar-refractivity contribution in [3.05, 3.63) is 96.1 Å². The van der Waals surface area contributed by atoms with E-state index >= 15 is 0 Å². The Kier molecular flexibility index (Phi) is 8.46. The molecule has 0 aliphatic rings. The quantitative estimate of drug-likeness (QED) is 0.194. The fourth-order valence-corrected chi connectivity index (χ4v) is 4.78. The standard InChI is InChI=1S/C31H29F3N6O3/c1-40-17-23(16-39-40)36-12-3-13-43-27-14-24-25(15-26(27)42-2)37-18-38-29(24)21-6-4-19(5-7-21)28(30(35)41)20-8-10-22(11-9-20)31(32,33)34/h4-11,14-18,28,36H,3,12-13H2,1-2H3,(H2,35,41). The van der Waals surface area contributed by atoms with E-state index in [2.05, 4.69) is 20.4 Å². The molecule has 5 rings (SSSR count). The number of nitrogens with zero attached hydrogens (tertiary/aromatic N) is 4. The van der Waals surface area contributed by atoms with Gasteiger partial charge in [-0.25, -0.2) is 9.97 Å². The molecule has 0 saturated carbocycles. The maximum Gasteiger partial charge on any atom is 0.416 e. The number of anilines is 1. The summed E-state index contributed by atoms with van der Waals surface area (Å²) in [4.78, 5) is 21.2. The van der Waals surface area contributed by atoms with Crippen molar-refractivity contribution in [1.29, 1.82) is 0 Å². The van der Waals surface area contributed by atoms with E-state index < -0.39 is 23.6 Å². The van der Waals surface area contributed by atoms with Crippen LogP contribution in [0.25, 0.3) is 22.2 Å². The second-order valence-corrected chi connectivity index (χ2v) is 9.85. The van der Waals surface area contributed by atoms with E-state index in [-0.39, 0.29) is 0 Å². The number of amides is 1. The number of benzene rings is 3. The molecule has 0 aliphatic heterocycles. The Morgan fingerprint density at radius 1 is 1.02 bits per heavy atom. The highest BCUT2D eigenvalue weighted by molar-refractivity contribution is 5.94. The molecule has 3 N–H and O–H groups in total. The van der Waals surface area contributed by atoms with Crippen LogP contribution >= 0.6 is 0 Å². The Bertz CT molecular complexity index is 1720. The molecule has 222 valence electrons. The SMILES string of the molecule is COc1cc2ncnc(-c3ccc(C(C(N)=O)c4ccc(C(F)(F)F)cc4)cc3)c2cc1OCCCNc1cnn(C)c1. The van der Waals surface area contributed by atoms with Gasteiger partial charge in [0.25, 0.3) is 0 Å². The molecule has 12 heteroatoms. The largest absolute Gasteiger partial charge is 0.493 e. The second-order valence-electron chi connectivity index (χ2n) is 9.85. The molecule has 43 heavy (non-hydrogen) atoms. The van der Waals surface area contributed by atoms with Crippen LogP contribution in [0.3, 0.4) is 0 Å². The number of alkyl halides is 3. The lowest BCUT2D eigenvalue weighted by molar-refractivity contribution is -0.137. The maximum absolute atomic E-state index is 13.0. The summed E-state index contributed by atoms with van der Waals surface area (Å²) in [7, 11) is 3.42. The van der Waals surface area contributed by atoms with Crippen molar-refractivity contribution < 1.29 is 27.4 Å². The van der Waals surface area contributed by atoms with Crippen molar-refractivity contribution in [1.82, 2.24) is 19.7 Å². The van der Waals surface area contributed by atoms with E-state index in [0.29, 0.717) is 47.0 Å². The van der Waals surface area contributed by atoms with Crippen molar-refractivity contribution in [3.8, 4) is 22.8 Å². The molecular formula is C31H29F3N6O3. The van der Waals surface area contributed by atoms with Gasteiger partial charge in [0.1, 0.15) is 6.33 Å². The van der Waals surface area contributed by atoms with Crippen LogP contribution in [0.15, 0.2) is 79.4 Å². The highest BCUT2D eigenvalue weighted by atomic mass is 19.4. The first-order valence-corrected chi connectivity index (χ1v) is 13.4.